The van der Waals surface area contributed by atoms with E-state index in [2.05, 4.69) is 5.32 Å². The number of nitrogens with zero attached hydrogens (tertiary/aromatic N) is 1. The summed E-state index contributed by atoms with van der Waals surface area (Å²) in [6.45, 7) is 0.153. The highest BCUT2D eigenvalue weighted by atomic mass is 16.6. The molecule has 0 heterocycles. The number of benzene rings is 1. The molecule has 0 spiro atoms. The second-order valence-electron chi connectivity index (χ2n) is 4.29. The van der Waals surface area contributed by atoms with Gasteiger partial charge in [0.1, 0.15) is 6.04 Å². The maximum atomic E-state index is 12.0. The molecule has 0 aliphatic heterocycles. The number of nitro benzene ring substituents is 1. The van der Waals surface area contributed by atoms with E-state index in [1.807, 2.05) is 0 Å². The number of carboxylic acid groups (broad SMARTS) is 1. The number of nitrogens with one attached hydrogen (secondary N) is 1. The van der Waals surface area contributed by atoms with Crippen LogP contribution in [0.25, 0.3) is 0 Å². The Morgan fingerprint density at radius 3 is 2.59 bits per heavy atom. The number of hydrogen-bond donors (Lipinski definition) is 2. The Morgan fingerprint density at radius 2 is 2.09 bits per heavy atom. The molecule has 9 nitrogen and oxygen atoms in total. The molecule has 120 valence electrons. The standard InChI is InChI=1S/C13H16N2O7/c1-21-6-5-9(13(17)18)14-12(16)8-3-4-11(22-2)10(7-8)15(19)20/h3-4,7,9H,5-6H2,1-2H3,(H,14,16)(H,17,18). The average molecular weight is 312 g/mol. The molecule has 0 bridgehead atoms. The summed E-state index contributed by atoms with van der Waals surface area (Å²) < 4.78 is 9.60. The molecule has 1 aromatic carbocycles. The number of carbonyl (C=O) groups is 2. The molecule has 0 saturated heterocycles. The first-order chi connectivity index (χ1) is 10.4. The van der Waals surface area contributed by atoms with Crippen molar-refractivity contribution >= 4 is 17.6 Å². The zero-order chi connectivity index (χ0) is 16.7. The number of aliphatic carboxylic acids is 1. The van der Waals surface area contributed by atoms with Crippen LogP contribution >= 0.6 is 0 Å². The predicted octanol–water partition coefficient (Wildman–Crippen LogP) is 0.823. The first kappa shape index (κ1) is 17.4. The van der Waals surface area contributed by atoms with Gasteiger partial charge in [0.25, 0.3) is 5.91 Å². The summed E-state index contributed by atoms with van der Waals surface area (Å²) in [5, 5.41) is 22.2. The van der Waals surface area contributed by atoms with Crippen molar-refractivity contribution < 1.29 is 29.1 Å². The molecule has 1 unspecified atom stereocenters. The monoisotopic (exact) mass is 312 g/mol. The molecule has 1 atom stereocenters. The highest BCUT2D eigenvalue weighted by molar-refractivity contribution is 5.97. The third kappa shape index (κ3) is 4.42. The molecule has 0 aromatic heterocycles. The fourth-order valence-electron chi connectivity index (χ4n) is 1.71. The van der Waals surface area contributed by atoms with Crippen molar-refractivity contribution in [3.8, 4) is 5.75 Å². The fraction of sp³-hybridized carbons (Fsp3) is 0.385. The molecule has 1 rings (SSSR count). The summed E-state index contributed by atoms with van der Waals surface area (Å²) in [6, 6.07) is 2.48. The van der Waals surface area contributed by atoms with E-state index in [0.29, 0.717) is 0 Å². The topological polar surface area (TPSA) is 128 Å². The highest BCUT2D eigenvalue weighted by Crippen LogP contribution is 2.27. The van der Waals surface area contributed by atoms with Gasteiger partial charge < -0.3 is 19.9 Å². The number of nitro groups is 1. The number of rotatable bonds is 8. The summed E-state index contributed by atoms with van der Waals surface area (Å²) in [5.74, 6) is -1.93. The van der Waals surface area contributed by atoms with Crippen molar-refractivity contribution in [3.63, 3.8) is 0 Å². The van der Waals surface area contributed by atoms with Gasteiger partial charge in [-0.1, -0.05) is 0 Å². The summed E-state index contributed by atoms with van der Waals surface area (Å²) in [5.41, 5.74) is -0.407. The van der Waals surface area contributed by atoms with Crippen LogP contribution in [0.4, 0.5) is 5.69 Å². The molecule has 2 N–H and O–H groups in total. The van der Waals surface area contributed by atoms with E-state index in [9.17, 15) is 19.7 Å². The van der Waals surface area contributed by atoms with Gasteiger partial charge in [-0.25, -0.2) is 4.79 Å². The van der Waals surface area contributed by atoms with E-state index < -0.39 is 22.8 Å². The Kier molecular flexibility index (Phi) is 6.26. The van der Waals surface area contributed by atoms with Gasteiger partial charge in [0, 0.05) is 31.8 Å². The summed E-state index contributed by atoms with van der Waals surface area (Å²) in [6.07, 6.45) is 0.0792. The zero-order valence-corrected chi connectivity index (χ0v) is 12.1. The molecular weight excluding hydrogens is 296 g/mol. The van der Waals surface area contributed by atoms with Gasteiger partial charge in [0.05, 0.1) is 12.0 Å². The minimum atomic E-state index is -1.21. The van der Waals surface area contributed by atoms with Crippen LogP contribution in [0.15, 0.2) is 18.2 Å². The molecular formula is C13H16N2O7. The molecule has 22 heavy (non-hydrogen) atoms. The fourth-order valence-corrected chi connectivity index (χ4v) is 1.71. The Labute approximate surface area is 126 Å². The second-order valence-corrected chi connectivity index (χ2v) is 4.29. The van der Waals surface area contributed by atoms with Crippen molar-refractivity contribution in [1.82, 2.24) is 5.32 Å². The van der Waals surface area contributed by atoms with Gasteiger partial charge in [0.15, 0.2) is 5.75 Å². The van der Waals surface area contributed by atoms with Crippen LogP contribution in [0, 0.1) is 10.1 Å². The quantitative estimate of drug-likeness (QED) is 0.537. The molecule has 0 fully saturated rings. The Morgan fingerprint density at radius 1 is 1.41 bits per heavy atom. The summed E-state index contributed by atoms with van der Waals surface area (Å²) in [4.78, 5) is 33.3. The van der Waals surface area contributed by atoms with E-state index in [1.165, 1.54) is 26.4 Å². The van der Waals surface area contributed by atoms with Crippen molar-refractivity contribution in [2.75, 3.05) is 20.8 Å². The molecule has 9 heteroatoms. The zero-order valence-electron chi connectivity index (χ0n) is 12.1. The Bertz CT molecular complexity index is 574. The van der Waals surface area contributed by atoms with Crippen molar-refractivity contribution in [1.29, 1.82) is 0 Å². The maximum absolute atomic E-state index is 12.0. The lowest BCUT2D eigenvalue weighted by Gasteiger charge is -2.14. The van der Waals surface area contributed by atoms with Crippen LogP contribution in [0.5, 0.6) is 5.75 Å². The van der Waals surface area contributed by atoms with E-state index in [4.69, 9.17) is 14.6 Å². The number of ether oxygens (including phenoxy) is 2. The van der Waals surface area contributed by atoms with E-state index in [0.717, 1.165) is 6.07 Å². The number of methoxy groups -OCH3 is 2. The maximum Gasteiger partial charge on any atom is 0.326 e. The molecule has 0 radical (unpaired) electrons. The Balaban J connectivity index is 2.95. The number of carboxylic acids is 1. The molecule has 0 aliphatic carbocycles. The van der Waals surface area contributed by atoms with Crippen molar-refractivity contribution in [2.24, 2.45) is 0 Å². The lowest BCUT2D eigenvalue weighted by Crippen LogP contribution is -2.41. The third-order valence-corrected chi connectivity index (χ3v) is 2.85. The normalized spacial score (nSPS) is 11.5. The first-order valence-corrected chi connectivity index (χ1v) is 6.25. The number of carbonyl (C=O) groups excluding carboxylic acids is 1. The highest BCUT2D eigenvalue weighted by Gasteiger charge is 2.23. The third-order valence-electron chi connectivity index (χ3n) is 2.85. The van der Waals surface area contributed by atoms with Crippen LogP contribution in [0.3, 0.4) is 0 Å². The van der Waals surface area contributed by atoms with Crippen LogP contribution < -0.4 is 10.1 Å². The van der Waals surface area contributed by atoms with E-state index in [-0.39, 0.29) is 30.0 Å². The van der Waals surface area contributed by atoms with Crippen LogP contribution in [0.2, 0.25) is 0 Å². The minimum absolute atomic E-state index is 0.00992. The predicted molar refractivity (Wildman–Crippen MR) is 75.0 cm³/mol. The smallest absolute Gasteiger partial charge is 0.326 e. The summed E-state index contributed by atoms with van der Waals surface area (Å²) >= 11 is 0. The summed E-state index contributed by atoms with van der Waals surface area (Å²) in [7, 11) is 2.68. The lowest BCUT2D eigenvalue weighted by molar-refractivity contribution is -0.385. The van der Waals surface area contributed by atoms with E-state index >= 15 is 0 Å². The number of hydrogen-bond acceptors (Lipinski definition) is 6. The van der Waals surface area contributed by atoms with Gasteiger partial charge >= 0.3 is 11.7 Å². The van der Waals surface area contributed by atoms with Crippen LogP contribution in [-0.2, 0) is 9.53 Å². The second kappa shape index (κ2) is 7.93. The van der Waals surface area contributed by atoms with Crippen molar-refractivity contribution in [3.05, 3.63) is 33.9 Å². The first-order valence-electron chi connectivity index (χ1n) is 6.25. The lowest BCUT2D eigenvalue weighted by atomic mass is 10.1. The molecule has 1 aromatic rings. The molecule has 0 saturated carbocycles. The van der Waals surface area contributed by atoms with Crippen molar-refractivity contribution in [2.45, 2.75) is 12.5 Å². The Hall–Kier alpha value is -2.68. The van der Waals surface area contributed by atoms with Crippen LogP contribution in [-0.4, -0.2) is 48.8 Å². The molecule has 1 amide bonds. The largest absolute Gasteiger partial charge is 0.490 e. The minimum Gasteiger partial charge on any atom is -0.490 e. The van der Waals surface area contributed by atoms with Gasteiger partial charge in [-0.3, -0.25) is 14.9 Å². The van der Waals surface area contributed by atoms with E-state index in [1.54, 1.807) is 0 Å². The van der Waals surface area contributed by atoms with Gasteiger partial charge in [-0.2, -0.15) is 0 Å². The van der Waals surface area contributed by atoms with Gasteiger partial charge in [-0.05, 0) is 12.1 Å². The number of amides is 1. The van der Waals surface area contributed by atoms with Gasteiger partial charge in [-0.15, -0.1) is 0 Å². The SMILES string of the molecule is COCCC(NC(=O)c1ccc(OC)c([N+](=O)[O-])c1)C(=O)O. The molecule has 0 aliphatic rings. The van der Waals surface area contributed by atoms with Gasteiger partial charge in [0.2, 0.25) is 0 Å². The average Bonchev–Trinajstić information content (AvgIpc) is 2.50. The van der Waals surface area contributed by atoms with Crippen LogP contribution in [0.1, 0.15) is 16.8 Å².